The number of allylic oxidation sites excluding steroid dienone is 1. The minimum atomic E-state index is 0.567. The Kier molecular flexibility index (Phi) is 1.94. The van der Waals surface area contributed by atoms with Crippen molar-refractivity contribution in [2.75, 3.05) is 5.73 Å². The first-order chi connectivity index (χ1) is 5.13. The lowest BCUT2D eigenvalue weighted by Gasteiger charge is -2.06. The highest BCUT2D eigenvalue weighted by Crippen LogP contribution is 2.20. The monoisotopic (exact) mass is 148 g/mol. The number of rotatable bonds is 1. The number of nitrogens with two attached hydrogens (primary N) is 1. The molecule has 2 heteroatoms. The summed E-state index contributed by atoms with van der Waals surface area (Å²) in [4.78, 5) is 3.98. The largest absolute Gasteiger partial charge is 0.383 e. The minimum Gasteiger partial charge on any atom is -0.383 e. The highest BCUT2D eigenvalue weighted by atomic mass is 14.8. The van der Waals surface area contributed by atoms with Gasteiger partial charge in [-0.15, -0.1) is 0 Å². The molecule has 0 saturated carbocycles. The summed E-state index contributed by atoms with van der Waals surface area (Å²) < 4.78 is 0. The molecule has 1 aromatic rings. The molecule has 0 unspecified atom stereocenters. The third kappa shape index (κ3) is 1.40. The number of pyridine rings is 1. The lowest BCUT2D eigenvalue weighted by atomic mass is 10.1. The molecule has 1 aromatic heterocycles. The van der Waals surface area contributed by atoms with Crippen LogP contribution < -0.4 is 5.73 Å². The van der Waals surface area contributed by atoms with Crippen molar-refractivity contribution in [3.8, 4) is 0 Å². The van der Waals surface area contributed by atoms with Crippen LogP contribution in [0.2, 0.25) is 0 Å². The van der Waals surface area contributed by atoms with Gasteiger partial charge in [-0.25, -0.2) is 4.98 Å². The molecule has 0 aliphatic rings. The molecule has 0 aliphatic carbocycles. The van der Waals surface area contributed by atoms with Crippen LogP contribution in [0.4, 0.5) is 5.82 Å². The van der Waals surface area contributed by atoms with Crippen LogP contribution in [0, 0.1) is 6.92 Å². The molecule has 0 amide bonds. The fraction of sp³-hybridized carbons (Fsp3) is 0.222. The van der Waals surface area contributed by atoms with Crippen molar-refractivity contribution in [2.45, 2.75) is 13.8 Å². The van der Waals surface area contributed by atoms with Crippen LogP contribution in [-0.2, 0) is 0 Å². The Morgan fingerprint density at radius 2 is 2.27 bits per heavy atom. The predicted molar refractivity (Wildman–Crippen MR) is 48.1 cm³/mol. The Balaban J connectivity index is 3.32. The summed E-state index contributed by atoms with van der Waals surface area (Å²) in [6.07, 6.45) is 1.71. The number of hydrogen-bond acceptors (Lipinski definition) is 2. The maximum Gasteiger partial charge on any atom is 0.131 e. The van der Waals surface area contributed by atoms with Gasteiger partial charge in [-0.05, 0) is 31.1 Å². The van der Waals surface area contributed by atoms with E-state index in [4.69, 9.17) is 5.73 Å². The lowest BCUT2D eigenvalue weighted by Crippen LogP contribution is -1.97. The van der Waals surface area contributed by atoms with Crippen LogP contribution in [0.15, 0.2) is 18.8 Å². The van der Waals surface area contributed by atoms with Gasteiger partial charge in [0.25, 0.3) is 0 Å². The van der Waals surface area contributed by atoms with Gasteiger partial charge in [-0.3, -0.25) is 0 Å². The van der Waals surface area contributed by atoms with E-state index in [9.17, 15) is 0 Å². The molecule has 0 atom stereocenters. The average Bonchev–Trinajstić information content (AvgIpc) is 1.85. The standard InChI is InChI=1S/C9H12N2/c1-6(2)8-7(3)4-5-11-9(8)10/h4-5H,1H2,2-3H3,(H2,10,11). The second-order valence-electron chi connectivity index (χ2n) is 2.67. The van der Waals surface area contributed by atoms with E-state index in [1.807, 2.05) is 19.9 Å². The summed E-state index contributed by atoms with van der Waals surface area (Å²) in [6.45, 7) is 7.76. The highest BCUT2D eigenvalue weighted by molar-refractivity contribution is 5.72. The molecule has 0 saturated heterocycles. The lowest BCUT2D eigenvalue weighted by molar-refractivity contribution is 1.27. The zero-order chi connectivity index (χ0) is 8.43. The Morgan fingerprint density at radius 3 is 2.64 bits per heavy atom. The van der Waals surface area contributed by atoms with Gasteiger partial charge < -0.3 is 5.73 Å². The average molecular weight is 148 g/mol. The molecule has 0 fully saturated rings. The van der Waals surface area contributed by atoms with E-state index in [2.05, 4.69) is 11.6 Å². The smallest absolute Gasteiger partial charge is 0.131 e. The zero-order valence-electron chi connectivity index (χ0n) is 6.89. The molecule has 2 nitrogen and oxygen atoms in total. The summed E-state index contributed by atoms with van der Waals surface area (Å²) >= 11 is 0. The van der Waals surface area contributed by atoms with Crippen molar-refractivity contribution < 1.29 is 0 Å². The SMILES string of the molecule is C=C(C)c1c(C)ccnc1N. The fourth-order valence-corrected chi connectivity index (χ4v) is 1.13. The molecule has 0 aliphatic heterocycles. The van der Waals surface area contributed by atoms with E-state index in [0.29, 0.717) is 5.82 Å². The van der Waals surface area contributed by atoms with Gasteiger partial charge in [-0.2, -0.15) is 0 Å². The number of nitrogen functional groups attached to an aromatic ring is 1. The van der Waals surface area contributed by atoms with Crippen molar-refractivity contribution in [1.82, 2.24) is 4.98 Å². The van der Waals surface area contributed by atoms with E-state index < -0.39 is 0 Å². The van der Waals surface area contributed by atoms with Crippen LogP contribution in [0.25, 0.3) is 5.57 Å². The summed E-state index contributed by atoms with van der Waals surface area (Å²) in [5.41, 5.74) is 8.73. The molecule has 1 heterocycles. The fourth-order valence-electron chi connectivity index (χ4n) is 1.13. The number of anilines is 1. The molecule has 11 heavy (non-hydrogen) atoms. The van der Waals surface area contributed by atoms with E-state index in [-0.39, 0.29) is 0 Å². The van der Waals surface area contributed by atoms with E-state index in [0.717, 1.165) is 16.7 Å². The second-order valence-corrected chi connectivity index (χ2v) is 2.67. The first kappa shape index (κ1) is 7.79. The first-order valence-electron chi connectivity index (χ1n) is 3.50. The van der Waals surface area contributed by atoms with Crippen molar-refractivity contribution >= 4 is 11.4 Å². The first-order valence-corrected chi connectivity index (χ1v) is 3.50. The second kappa shape index (κ2) is 2.74. The third-order valence-corrected chi connectivity index (χ3v) is 1.62. The summed E-state index contributed by atoms with van der Waals surface area (Å²) in [7, 11) is 0. The summed E-state index contributed by atoms with van der Waals surface area (Å²) in [5.74, 6) is 0.567. The molecule has 0 bridgehead atoms. The Hall–Kier alpha value is -1.31. The van der Waals surface area contributed by atoms with Crippen LogP contribution >= 0.6 is 0 Å². The molecular weight excluding hydrogens is 136 g/mol. The summed E-state index contributed by atoms with van der Waals surface area (Å²) in [5, 5.41) is 0. The molecule has 0 aromatic carbocycles. The quantitative estimate of drug-likeness (QED) is 0.661. The van der Waals surface area contributed by atoms with Gasteiger partial charge in [0, 0.05) is 11.8 Å². The molecule has 2 N–H and O–H groups in total. The van der Waals surface area contributed by atoms with E-state index >= 15 is 0 Å². The number of aromatic nitrogens is 1. The molecule has 0 radical (unpaired) electrons. The summed E-state index contributed by atoms with van der Waals surface area (Å²) in [6, 6.07) is 1.93. The van der Waals surface area contributed by atoms with Crippen LogP contribution in [0.3, 0.4) is 0 Å². The van der Waals surface area contributed by atoms with Gasteiger partial charge in [0.2, 0.25) is 0 Å². The molecular formula is C9H12N2. The van der Waals surface area contributed by atoms with Gasteiger partial charge in [0.1, 0.15) is 5.82 Å². The van der Waals surface area contributed by atoms with Crippen LogP contribution in [0.1, 0.15) is 18.1 Å². The zero-order valence-corrected chi connectivity index (χ0v) is 6.89. The van der Waals surface area contributed by atoms with Gasteiger partial charge in [-0.1, -0.05) is 6.58 Å². The van der Waals surface area contributed by atoms with Crippen LogP contribution in [0.5, 0.6) is 0 Å². The Labute approximate surface area is 66.8 Å². The highest BCUT2D eigenvalue weighted by Gasteiger charge is 2.02. The maximum atomic E-state index is 5.65. The van der Waals surface area contributed by atoms with Crippen molar-refractivity contribution in [2.24, 2.45) is 0 Å². The van der Waals surface area contributed by atoms with Crippen molar-refractivity contribution in [3.63, 3.8) is 0 Å². The van der Waals surface area contributed by atoms with Crippen molar-refractivity contribution in [3.05, 3.63) is 30.0 Å². The Morgan fingerprint density at radius 1 is 1.64 bits per heavy atom. The van der Waals surface area contributed by atoms with Crippen molar-refractivity contribution in [1.29, 1.82) is 0 Å². The number of hydrogen-bond donors (Lipinski definition) is 1. The normalized spacial score (nSPS) is 9.64. The predicted octanol–water partition coefficient (Wildman–Crippen LogP) is 2.01. The van der Waals surface area contributed by atoms with E-state index in [1.54, 1.807) is 6.20 Å². The molecule has 1 rings (SSSR count). The topological polar surface area (TPSA) is 38.9 Å². The maximum absolute atomic E-state index is 5.65. The van der Waals surface area contributed by atoms with Gasteiger partial charge in [0.05, 0.1) is 0 Å². The molecule has 0 spiro atoms. The van der Waals surface area contributed by atoms with Gasteiger partial charge in [0.15, 0.2) is 0 Å². The van der Waals surface area contributed by atoms with Crippen LogP contribution in [-0.4, -0.2) is 4.98 Å². The van der Waals surface area contributed by atoms with E-state index in [1.165, 1.54) is 0 Å². The van der Waals surface area contributed by atoms with Gasteiger partial charge >= 0.3 is 0 Å². The Bertz CT molecular complexity index is 269. The molecule has 58 valence electrons. The minimum absolute atomic E-state index is 0.567. The number of aryl methyl sites for hydroxylation is 1. The third-order valence-electron chi connectivity index (χ3n) is 1.62. The number of nitrogens with zero attached hydrogens (tertiary/aromatic N) is 1.